The second-order valence-corrected chi connectivity index (χ2v) is 8.03. The van der Waals surface area contributed by atoms with Gasteiger partial charge in [0.1, 0.15) is 0 Å². The highest BCUT2D eigenvalue weighted by Gasteiger charge is 2.27. The monoisotopic (exact) mass is 308 g/mol. The minimum Gasteiger partial charge on any atom is -0.317 e. The average molecular weight is 308 g/mol. The molecule has 1 fully saturated rings. The summed E-state index contributed by atoms with van der Waals surface area (Å²) in [6, 6.07) is 8.17. The number of hydrogen-bond donors (Lipinski definition) is 2. The van der Waals surface area contributed by atoms with Gasteiger partial charge in [-0.3, -0.25) is 0 Å². The van der Waals surface area contributed by atoms with Crippen LogP contribution in [-0.2, 0) is 16.4 Å². The Morgan fingerprint density at radius 2 is 1.90 bits per heavy atom. The van der Waals surface area contributed by atoms with Gasteiger partial charge in [-0.2, -0.15) is 0 Å². The molecule has 21 heavy (non-hydrogen) atoms. The number of aryl methyl sites for hydroxylation is 1. The van der Waals surface area contributed by atoms with Gasteiger partial charge in [0.25, 0.3) is 0 Å². The Labute approximate surface area is 127 Å². The second kappa shape index (κ2) is 6.46. The smallest absolute Gasteiger partial charge is 0.212 e. The van der Waals surface area contributed by atoms with E-state index >= 15 is 0 Å². The van der Waals surface area contributed by atoms with Crippen molar-refractivity contribution in [3.63, 3.8) is 0 Å². The van der Waals surface area contributed by atoms with E-state index in [9.17, 15) is 8.42 Å². The molecule has 2 aliphatic rings. The van der Waals surface area contributed by atoms with E-state index in [0.717, 1.165) is 50.8 Å². The summed E-state index contributed by atoms with van der Waals surface area (Å²) in [5.41, 5.74) is 2.45. The lowest BCUT2D eigenvalue weighted by Gasteiger charge is -2.28. The highest BCUT2D eigenvalue weighted by molar-refractivity contribution is 7.89. The number of hydrogen-bond acceptors (Lipinski definition) is 3. The Balaban J connectivity index is 1.68. The number of rotatable bonds is 4. The molecule has 4 nitrogen and oxygen atoms in total. The summed E-state index contributed by atoms with van der Waals surface area (Å²) in [6.07, 6.45) is 4.94. The van der Waals surface area contributed by atoms with E-state index in [1.54, 1.807) is 0 Å². The van der Waals surface area contributed by atoms with Crippen molar-refractivity contribution >= 4 is 10.0 Å². The number of benzene rings is 1. The predicted molar refractivity (Wildman–Crippen MR) is 84.6 cm³/mol. The molecule has 1 atom stereocenters. The molecule has 3 rings (SSSR count). The fraction of sp³-hybridized carbons (Fsp3) is 0.625. The fourth-order valence-corrected chi connectivity index (χ4v) is 5.23. The molecule has 1 aliphatic heterocycles. The lowest BCUT2D eigenvalue weighted by molar-refractivity contribution is 0.398. The van der Waals surface area contributed by atoms with E-state index in [2.05, 4.69) is 22.2 Å². The fourth-order valence-electron chi connectivity index (χ4n) is 3.50. The van der Waals surface area contributed by atoms with Crippen LogP contribution in [0.3, 0.4) is 0 Å². The Morgan fingerprint density at radius 3 is 2.71 bits per heavy atom. The third-order valence-electron chi connectivity index (χ3n) is 4.61. The van der Waals surface area contributed by atoms with Crippen molar-refractivity contribution in [2.75, 3.05) is 18.8 Å². The van der Waals surface area contributed by atoms with Crippen molar-refractivity contribution in [1.29, 1.82) is 0 Å². The zero-order chi connectivity index (χ0) is 14.7. The summed E-state index contributed by atoms with van der Waals surface area (Å²) in [4.78, 5) is 0. The number of sulfonamides is 1. The molecule has 1 aliphatic carbocycles. The van der Waals surface area contributed by atoms with Crippen molar-refractivity contribution in [2.45, 2.75) is 38.1 Å². The first kappa shape index (κ1) is 15.0. The normalized spacial score (nSPS) is 23.7. The summed E-state index contributed by atoms with van der Waals surface area (Å²) in [7, 11) is -3.20. The van der Waals surface area contributed by atoms with Crippen LogP contribution in [0.15, 0.2) is 24.3 Å². The van der Waals surface area contributed by atoms with Gasteiger partial charge in [-0.1, -0.05) is 24.3 Å². The van der Waals surface area contributed by atoms with Crippen molar-refractivity contribution in [3.05, 3.63) is 35.4 Å². The second-order valence-electron chi connectivity index (χ2n) is 6.24. The van der Waals surface area contributed by atoms with Gasteiger partial charge in [0, 0.05) is 6.04 Å². The van der Waals surface area contributed by atoms with Crippen LogP contribution < -0.4 is 10.0 Å². The largest absolute Gasteiger partial charge is 0.317 e. The third kappa shape index (κ3) is 3.84. The zero-order valence-corrected chi connectivity index (χ0v) is 13.2. The minimum atomic E-state index is -3.20. The molecule has 0 bridgehead atoms. The lowest BCUT2D eigenvalue weighted by Crippen LogP contribution is -2.37. The Bertz CT molecular complexity index is 580. The van der Waals surface area contributed by atoms with Crippen LogP contribution in [0.25, 0.3) is 0 Å². The first-order valence-corrected chi connectivity index (χ1v) is 9.58. The molecule has 0 spiro atoms. The highest BCUT2D eigenvalue weighted by atomic mass is 32.2. The highest BCUT2D eigenvalue weighted by Crippen LogP contribution is 2.30. The quantitative estimate of drug-likeness (QED) is 0.894. The average Bonchev–Trinajstić information content (AvgIpc) is 2.48. The van der Waals surface area contributed by atoms with E-state index in [0.29, 0.717) is 5.92 Å². The first-order valence-electron chi connectivity index (χ1n) is 7.92. The molecule has 1 aromatic carbocycles. The van der Waals surface area contributed by atoms with Crippen LogP contribution in [0.1, 0.15) is 42.9 Å². The van der Waals surface area contributed by atoms with E-state index in [-0.39, 0.29) is 11.8 Å². The summed E-state index contributed by atoms with van der Waals surface area (Å²) in [5.74, 6) is 0.565. The molecule has 0 aromatic heterocycles. The molecule has 0 radical (unpaired) electrons. The molecule has 1 heterocycles. The van der Waals surface area contributed by atoms with Crippen LogP contribution in [0.5, 0.6) is 0 Å². The molecule has 1 unspecified atom stereocenters. The Hall–Kier alpha value is -0.910. The molecular weight excluding hydrogens is 284 g/mol. The van der Waals surface area contributed by atoms with Gasteiger partial charge in [-0.15, -0.1) is 0 Å². The van der Waals surface area contributed by atoms with Gasteiger partial charge >= 0.3 is 0 Å². The lowest BCUT2D eigenvalue weighted by atomic mass is 9.88. The minimum absolute atomic E-state index is 0.0401. The molecule has 2 N–H and O–H groups in total. The van der Waals surface area contributed by atoms with Crippen LogP contribution in [0.4, 0.5) is 0 Å². The zero-order valence-electron chi connectivity index (χ0n) is 12.3. The number of nitrogens with one attached hydrogen (secondary N) is 2. The standard InChI is InChI=1S/C16H24N2O2S/c19-21(20,12-13-8-10-17-11-9-13)18-16-7-3-5-14-4-1-2-6-15(14)16/h1-2,4,6,13,16-18H,3,5,7-12H2. The molecule has 5 heteroatoms. The van der Waals surface area contributed by atoms with Gasteiger partial charge in [0.05, 0.1) is 5.75 Å². The maximum atomic E-state index is 12.4. The van der Waals surface area contributed by atoms with Gasteiger partial charge in [-0.05, 0) is 62.2 Å². The summed E-state index contributed by atoms with van der Waals surface area (Å²) < 4.78 is 27.8. The topological polar surface area (TPSA) is 58.2 Å². The molecule has 0 saturated carbocycles. The molecule has 1 aromatic rings. The molecule has 116 valence electrons. The van der Waals surface area contributed by atoms with Crippen molar-refractivity contribution in [1.82, 2.24) is 10.0 Å². The van der Waals surface area contributed by atoms with Gasteiger partial charge < -0.3 is 5.32 Å². The predicted octanol–water partition coefficient (Wildman–Crippen LogP) is 1.98. The third-order valence-corrected chi connectivity index (χ3v) is 6.16. The van der Waals surface area contributed by atoms with E-state index < -0.39 is 10.0 Å². The Kier molecular flexibility index (Phi) is 4.62. The van der Waals surface area contributed by atoms with Gasteiger partial charge in [-0.25, -0.2) is 13.1 Å². The maximum absolute atomic E-state index is 12.4. The van der Waals surface area contributed by atoms with Crippen molar-refractivity contribution in [2.24, 2.45) is 5.92 Å². The molecule has 0 amide bonds. The summed E-state index contributed by atoms with van der Waals surface area (Å²) >= 11 is 0. The SMILES string of the molecule is O=S(=O)(CC1CCNCC1)NC1CCCc2ccccc21. The van der Waals surface area contributed by atoms with Gasteiger partial charge in [0.2, 0.25) is 10.0 Å². The number of fused-ring (bicyclic) bond motifs is 1. The summed E-state index contributed by atoms with van der Waals surface area (Å²) in [6.45, 7) is 1.87. The van der Waals surface area contributed by atoms with Crippen LogP contribution in [-0.4, -0.2) is 27.3 Å². The molecular formula is C16H24N2O2S. The van der Waals surface area contributed by atoms with Crippen LogP contribution in [0, 0.1) is 5.92 Å². The maximum Gasteiger partial charge on any atom is 0.212 e. The van der Waals surface area contributed by atoms with E-state index in [1.165, 1.54) is 5.56 Å². The van der Waals surface area contributed by atoms with Crippen molar-refractivity contribution in [3.8, 4) is 0 Å². The first-order chi connectivity index (χ1) is 10.1. The molecule has 1 saturated heterocycles. The van der Waals surface area contributed by atoms with Crippen LogP contribution in [0.2, 0.25) is 0 Å². The van der Waals surface area contributed by atoms with E-state index in [1.807, 2.05) is 12.1 Å². The number of piperidine rings is 1. The van der Waals surface area contributed by atoms with E-state index in [4.69, 9.17) is 0 Å². The Morgan fingerprint density at radius 1 is 1.14 bits per heavy atom. The van der Waals surface area contributed by atoms with Crippen molar-refractivity contribution < 1.29 is 8.42 Å². The van der Waals surface area contributed by atoms with Crippen LogP contribution >= 0.6 is 0 Å². The van der Waals surface area contributed by atoms with Gasteiger partial charge in [0.15, 0.2) is 0 Å². The summed E-state index contributed by atoms with van der Waals surface area (Å²) in [5, 5.41) is 3.28.